The molecule has 0 unspecified atom stereocenters. The molecule has 110 valence electrons. The number of carbonyl (C=O) groups excluding carboxylic acids is 1. The van der Waals surface area contributed by atoms with E-state index in [2.05, 4.69) is 20.0 Å². The lowest BCUT2D eigenvalue weighted by Gasteiger charge is -2.30. The van der Waals surface area contributed by atoms with E-state index in [1.807, 2.05) is 0 Å². The fraction of sp³-hybridized carbons (Fsp3) is 0.429. The zero-order chi connectivity index (χ0) is 14.7. The van der Waals surface area contributed by atoms with Crippen LogP contribution in [0.3, 0.4) is 0 Å². The second kappa shape index (κ2) is 5.90. The number of carbonyl (C=O) groups is 1. The second-order valence-electron chi connectivity index (χ2n) is 4.88. The standard InChI is InChI=1S/C14H17N5O2/c1-2-21-13(20)12-8-17-19(10-12)9-11-6-15-14(16-7-11)18-4-3-5-18/h6-8,10H,2-5,9H2,1H3. The summed E-state index contributed by atoms with van der Waals surface area (Å²) in [5, 5.41) is 4.15. The molecule has 3 rings (SSSR count). The maximum Gasteiger partial charge on any atom is 0.341 e. The molecule has 21 heavy (non-hydrogen) atoms. The molecule has 0 saturated carbocycles. The highest BCUT2D eigenvalue weighted by atomic mass is 16.5. The van der Waals surface area contributed by atoms with Gasteiger partial charge in [-0.05, 0) is 13.3 Å². The van der Waals surface area contributed by atoms with Crippen molar-refractivity contribution in [2.75, 3.05) is 24.6 Å². The van der Waals surface area contributed by atoms with Crippen LogP contribution in [0.1, 0.15) is 29.3 Å². The normalized spacial score (nSPS) is 13.9. The Hall–Kier alpha value is -2.44. The Morgan fingerprint density at radius 1 is 1.29 bits per heavy atom. The molecule has 1 fully saturated rings. The molecule has 2 aromatic heterocycles. The van der Waals surface area contributed by atoms with Crippen molar-refractivity contribution in [3.05, 3.63) is 35.9 Å². The lowest BCUT2D eigenvalue weighted by molar-refractivity contribution is 0.0526. The van der Waals surface area contributed by atoms with Crippen LogP contribution < -0.4 is 4.90 Å². The van der Waals surface area contributed by atoms with Gasteiger partial charge in [0.25, 0.3) is 0 Å². The number of aromatic nitrogens is 4. The van der Waals surface area contributed by atoms with Crippen LogP contribution >= 0.6 is 0 Å². The SMILES string of the molecule is CCOC(=O)c1cnn(Cc2cnc(N3CCC3)nc2)c1. The first-order valence-electron chi connectivity index (χ1n) is 7.01. The molecule has 1 saturated heterocycles. The minimum atomic E-state index is -0.354. The number of ether oxygens (including phenoxy) is 1. The van der Waals surface area contributed by atoms with Crippen LogP contribution in [-0.4, -0.2) is 45.4 Å². The van der Waals surface area contributed by atoms with Gasteiger partial charge in [-0.1, -0.05) is 0 Å². The molecule has 0 N–H and O–H groups in total. The van der Waals surface area contributed by atoms with Gasteiger partial charge in [0.1, 0.15) is 0 Å². The molecule has 0 radical (unpaired) electrons. The average Bonchev–Trinajstić information content (AvgIpc) is 2.88. The van der Waals surface area contributed by atoms with Crippen LogP contribution in [0.5, 0.6) is 0 Å². The van der Waals surface area contributed by atoms with Crippen molar-refractivity contribution >= 4 is 11.9 Å². The molecule has 0 aliphatic carbocycles. The van der Waals surface area contributed by atoms with E-state index in [0.717, 1.165) is 24.6 Å². The summed E-state index contributed by atoms with van der Waals surface area (Å²) < 4.78 is 6.60. The Balaban J connectivity index is 1.64. The van der Waals surface area contributed by atoms with Gasteiger partial charge < -0.3 is 9.64 Å². The van der Waals surface area contributed by atoms with Gasteiger partial charge >= 0.3 is 5.97 Å². The fourth-order valence-electron chi connectivity index (χ4n) is 2.07. The molecule has 0 atom stereocenters. The average molecular weight is 287 g/mol. The predicted molar refractivity (Wildman–Crippen MR) is 76.1 cm³/mol. The van der Waals surface area contributed by atoms with Crippen molar-refractivity contribution in [1.82, 2.24) is 19.7 Å². The molecule has 7 heteroatoms. The molecule has 0 bridgehead atoms. The van der Waals surface area contributed by atoms with Crippen LogP contribution in [0.4, 0.5) is 5.95 Å². The molecule has 0 amide bonds. The van der Waals surface area contributed by atoms with Crippen molar-refractivity contribution in [2.24, 2.45) is 0 Å². The molecule has 1 aliphatic heterocycles. The van der Waals surface area contributed by atoms with Crippen molar-refractivity contribution in [2.45, 2.75) is 19.9 Å². The van der Waals surface area contributed by atoms with E-state index < -0.39 is 0 Å². The zero-order valence-electron chi connectivity index (χ0n) is 11.9. The van der Waals surface area contributed by atoms with E-state index in [1.165, 1.54) is 12.6 Å². The molecule has 1 aliphatic rings. The van der Waals surface area contributed by atoms with Gasteiger partial charge in [-0.2, -0.15) is 5.10 Å². The number of esters is 1. The van der Waals surface area contributed by atoms with Gasteiger partial charge in [0.05, 0.1) is 24.9 Å². The summed E-state index contributed by atoms with van der Waals surface area (Å²) in [4.78, 5) is 22.4. The summed E-state index contributed by atoms with van der Waals surface area (Å²) in [5.74, 6) is 0.422. The van der Waals surface area contributed by atoms with Crippen LogP contribution in [0.2, 0.25) is 0 Å². The first-order valence-corrected chi connectivity index (χ1v) is 7.01. The first kappa shape index (κ1) is 13.5. The highest BCUT2D eigenvalue weighted by molar-refractivity contribution is 5.88. The third kappa shape index (κ3) is 3.01. The van der Waals surface area contributed by atoms with E-state index in [9.17, 15) is 4.79 Å². The third-order valence-corrected chi connectivity index (χ3v) is 3.32. The lowest BCUT2D eigenvalue weighted by atomic mass is 10.2. The quantitative estimate of drug-likeness (QED) is 0.767. The van der Waals surface area contributed by atoms with E-state index in [0.29, 0.717) is 18.7 Å². The van der Waals surface area contributed by atoms with Crippen LogP contribution in [0, 0.1) is 0 Å². The van der Waals surface area contributed by atoms with Crippen molar-refractivity contribution in [3.63, 3.8) is 0 Å². The Kier molecular flexibility index (Phi) is 3.81. The fourth-order valence-corrected chi connectivity index (χ4v) is 2.07. The van der Waals surface area contributed by atoms with Crippen LogP contribution in [-0.2, 0) is 11.3 Å². The third-order valence-electron chi connectivity index (χ3n) is 3.32. The summed E-state index contributed by atoms with van der Waals surface area (Å²) >= 11 is 0. The van der Waals surface area contributed by atoms with Gasteiger partial charge in [-0.15, -0.1) is 0 Å². The van der Waals surface area contributed by atoms with Crippen LogP contribution in [0.25, 0.3) is 0 Å². The van der Waals surface area contributed by atoms with E-state index >= 15 is 0 Å². The van der Waals surface area contributed by atoms with E-state index in [4.69, 9.17) is 4.74 Å². The van der Waals surface area contributed by atoms with Crippen molar-refractivity contribution in [1.29, 1.82) is 0 Å². The Morgan fingerprint density at radius 2 is 2.05 bits per heavy atom. The summed E-state index contributed by atoms with van der Waals surface area (Å²) in [5.41, 5.74) is 1.40. The largest absolute Gasteiger partial charge is 0.462 e. The number of nitrogens with zero attached hydrogens (tertiary/aromatic N) is 5. The van der Waals surface area contributed by atoms with E-state index in [1.54, 1.807) is 30.2 Å². The number of anilines is 1. The minimum Gasteiger partial charge on any atom is -0.462 e. The molecular formula is C14H17N5O2. The van der Waals surface area contributed by atoms with E-state index in [-0.39, 0.29) is 5.97 Å². The van der Waals surface area contributed by atoms with Gasteiger partial charge in [-0.25, -0.2) is 14.8 Å². The maximum absolute atomic E-state index is 11.6. The summed E-state index contributed by atoms with van der Waals surface area (Å²) in [6.07, 6.45) is 7.97. The van der Waals surface area contributed by atoms with Crippen LogP contribution in [0.15, 0.2) is 24.8 Å². The molecular weight excluding hydrogens is 270 g/mol. The summed E-state index contributed by atoms with van der Waals surface area (Å²) in [7, 11) is 0. The van der Waals surface area contributed by atoms with Crippen molar-refractivity contribution in [3.8, 4) is 0 Å². The Morgan fingerprint density at radius 3 is 2.67 bits per heavy atom. The van der Waals surface area contributed by atoms with Gasteiger partial charge in [0.2, 0.25) is 5.95 Å². The first-order chi connectivity index (χ1) is 10.3. The summed E-state index contributed by atoms with van der Waals surface area (Å²) in [6.45, 7) is 4.72. The highest BCUT2D eigenvalue weighted by Gasteiger charge is 2.16. The number of hydrogen-bond donors (Lipinski definition) is 0. The number of hydrogen-bond acceptors (Lipinski definition) is 6. The minimum absolute atomic E-state index is 0.354. The van der Waals surface area contributed by atoms with Gasteiger partial charge in [0, 0.05) is 37.2 Å². The smallest absolute Gasteiger partial charge is 0.341 e. The molecule has 7 nitrogen and oxygen atoms in total. The van der Waals surface area contributed by atoms with Gasteiger partial charge in [-0.3, -0.25) is 4.68 Å². The predicted octanol–water partition coefficient (Wildman–Crippen LogP) is 1.11. The Labute approximate surface area is 122 Å². The lowest BCUT2D eigenvalue weighted by Crippen LogP contribution is -2.38. The van der Waals surface area contributed by atoms with Gasteiger partial charge in [0.15, 0.2) is 0 Å². The highest BCUT2D eigenvalue weighted by Crippen LogP contribution is 2.15. The molecule has 3 heterocycles. The molecule has 2 aromatic rings. The summed E-state index contributed by atoms with van der Waals surface area (Å²) in [6, 6.07) is 0. The molecule has 0 spiro atoms. The number of rotatable bonds is 5. The maximum atomic E-state index is 11.6. The second-order valence-corrected chi connectivity index (χ2v) is 4.88. The monoisotopic (exact) mass is 287 g/mol. The zero-order valence-corrected chi connectivity index (χ0v) is 11.9. The molecule has 0 aromatic carbocycles. The topological polar surface area (TPSA) is 73.1 Å². The Bertz CT molecular complexity index is 619. The van der Waals surface area contributed by atoms with Crippen molar-refractivity contribution < 1.29 is 9.53 Å².